The van der Waals surface area contributed by atoms with Crippen LogP contribution in [-0.4, -0.2) is 6.54 Å². The average molecular weight is 177 g/mol. The Morgan fingerprint density at radius 1 is 1.31 bits per heavy atom. The molecule has 0 aliphatic carbocycles. The van der Waals surface area contributed by atoms with Crippen LogP contribution in [0.5, 0.6) is 0 Å². The van der Waals surface area contributed by atoms with E-state index in [2.05, 4.69) is 19.1 Å². The summed E-state index contributed by atoms with van der Waals surface area (Å²) in [5.41, 5.74) is 8.02. The molecule has 1 rings (SSSR count). The van der Waals surface area contributed by atoms with Gasteiger partial charge in [0.2, 0.25) is 0 Å². The molecule has 1 N–H and O–H groups in total. The molecule has 0 atom stereocenters. The number of benzene rings is 1. The largest absolute Gasteiger partial charge is 0.247 e. The van der Waals surface area contributed by atoms with Crippen LogP contribution in [0.3, 0.4) is 0 Å². The second-order valence-corrected chi connectivity index (χ2v) is 3.41. The zero-order valence-electron chi connectivity index (χ0n) is 8.07. The molecule has 1 aromatic carbocycles. The monoisotopic (exact) mass is 177 g/mol. The molecule has 13 heavy (non-hydrogen) atoms. The summed E-state index contributed by atoms with van der Waals surface area (Å²) in [5, 5.41) is 5.18. The summed E-state index contributed by atoms with van der Waals surface area (Å²) in [7, 11) is 0. The van der Waals surface area contributed by atoms with Crippen molar-refractivity contribution in [3.8, 4) is 0 Å². The maximum atomic E-state index is 7.04. The zero-order chi connectivity index (χ0) is 9.68. The first kappa shape index (κ1) is 9.71. The Morgan fingerprint density at radius 3 is 2.38 bits per heavy atom. The molecule has 1 aromatic rings. The van der Waals surface area contributed by atoms with Gasteiger partial charge in [-0.15, -0.1) is 0 Å². The second-order valence-electron chi connectivity index (χ2n) is 3.41. The topological polar surface area (TPSA) is 39.5 Å². The van der Waals surface area contributed by atoms with Crippen molar-refractivity contribution in [2.75, 3.05) is 11.6 Å². The molecule has 0 spiro atoms. The van der Waals surface area contributed by atoms with Gasteiger partial charge in [0.15, 0.2) is 0 Å². The van der Waals surface area contributed by atoms with Crippen LogP contribution in [0.15, 0.2) is 35.6 Å². The summed E-state index contributed by atoms with van der Waals surface area (Å²) in [6.45, 7) is 5.01. The van der Waals surface area contributed by atoms with Crippen LogP contribution in [0.2, 0.25) is 0 Å². The van der Waals surface area contributed by atoms with Crippen LogP contribution in [0, 0.1) is 11.4 Å². The van der Waals surface area contributed by atoms with E-state index in [1.807, 2.05) is 30.3 Å². The van der Waals surface area contributed by atoms with Crippen LogP contribution in [0.4, 0.5) is 5.69 Å². The van der Waals surface area contributed by atoms with Gasteiger partial charge in [-0.1, -0.05) is 37.3 Å². The number of hydrogen-bond acceptors (Lipinski definition) is 2. The fourth-order valence-corrected chi connectivity index (χ4v) is 1.15. The Hall–Kier alpha value is -1.38. The lowest BCUT2D eigenvalue weighted by molar-refractivity contribution is 0.604. The molecule has 0 radical (unpaired) electrons. The Morgan fingerprint density at radius 2 is 1.92 bits per heavy atom. The Kier molecular flexibility index (Phi) is 3.43. The van der Waals surface area contributed by atoms with E-state index in [1.165, 1.54) is 0 Å². The van der Waals surface area contributed by atoms with Gasteiger partial charge in [0.05, 0.1) is 5.69 Å². The van der Waals surface area contributed by atoms with Gasteiger partial charge in [-0.05, 0) is 18.1 Å². The van der Waals surface area contributed by atoms with Crippen LogP contribution < -0.4 is 5.01 Å². The van der Waals surface area contributed by atoms with Crippen molar-refractivity contribution in [1.29, 1.82) is 5.53 Å². The third kappa shape index (κ3) is 2.86. The summed E-state index contributed by atoms with van der Waals surface area (Å²) in [5.74, 6) is 0.509. The minimum Gasteiger partial charge on any atom is -0.247 e. The van der Waals surface area contributed by atoms with Crippen molar-refractivity contribution in [3.05, 3.63) is 30.3 Å². The predicted octanol–water partition coefficient (Wildman–Crippen LogP) is 3.09. The van der Waals surface area contributed by atoms with Gasteiger partial charge in [0.25, 0.3) is 0 Å². The lowest BCUT2D eigenvalue weighted by atomic mass is 10.2. The summed E-state index contributed by atoms with van der Waals surface area (Å²) in [6, 6.07) is 9.78. The molecular weight excluding hydrogens is 162 g/mol. The average Bonchev–Trinajstić information content (AvgIpc) is 2.15. The predicted molar refractivity (Wildman–Crippen MR) is 53.8 cm³/mol. The smallest absolute Gasteiger partial charge is 0.0610 e. The van der Waals surface area contributed by atoms with Gasteiger partial charge in [0, 0.05) is 6.54 Å². The minimum absolute atomic E-state index is 0.509. The fourth-order valence-electron chi connectivity index (χ4n) is 1.15. The van der Waals surface area contributed by atoms with Crippen LogP contribution in [0.25, 0.3) is 0 Å². The van der Waals surface area contributed by atoms with Gasteiger partial charge >= 0.3 is 0 Å². The third-order valence-electron chi connectivity index (χ3n) is 1.71. The molecule has 0 fully saturated rings. The van der Waals surface area contributed by atoms with Crippen LogP contribution >= 0.6 is 0 Å². The second kappa shape index (κ2) is 4.60. The van der Waals surface area contributed by atoms with E-state index in [9.17, 15) is 0 Å². The van der Waals surface area contributed by atoms with E-state index in [0.717, 1.165) is 12.2 Å². The molecule has 0 bridgehead atoms. The van der Waals surface area contributed by atoms with Crippen molar-refractivity contribution in [1.82, 2.24) is 0 Å². The molecule has 0 aliphatic rings. The summed E-state index contributed by atoms with van der Waals surface area (Å²) >= 11 is 0. The Balaban J connectivity index is 2.73. The first-order valence-electron chi connectivity index (χ1n) is 4.44. The number of rotatable bonds is 4. The van der Waals surface area contributed by atoms with Crippen LogP contribution in [0.1, 0.15) is 13.8 Å². The maximum Gasteiger partial charge on any atom is 0.0610 e. The molecule has 3 nitrogen and oxygen atoms in total. The van der Waals surface area contributed by atoms with Gasteiger partial charge < -0.3 is 0 Å². The summed E-state index contributed by atoms with van der Waals surface area (Å²) in [4.78, 5) is 0. The lowest BCUT2D eigenvalue weighted by Gasteiger charge is -2.18. The molecule has 0 saturated heterocycles. The summed E-state index contributed by atoms with van der Waals surface area (Å²) in [6.07, 6.45) is 0. The highest BCUT2D eigenvalue weighted by molar-refractivity contribution is 5.44. The molecular formula is C10H15N3. The van der Waals surface area contributed by atoms with Gasteiger partial charge in [-0.3, -0.25) is 0 Å². The normalized spacial score (nSPS) is 10.1. The molecule has 0 heterocycles. The molecule has 70 valence electrons. The highest BCUT2D eigenvalue weighted by Gasteiger charge is 2.05. The quantitative estimate of drug-likeness (QED) is 0.557. The summed E-state index contributed by atoms with van der Waals surface area (Å²) < 4.78 is 0. The van der Waals surface area contributed by atoms with E-state index in [-0.39, 0.29) is 0 Å². The van der Waals surface area contributed by atoms with Crippen molar-refractivity contribution < 1.29 is 0 Å². The molecule has 0 aromatic heterocycles. The number of para-hydroxylation sites is 1. The minimum atomic E-state index is 0.509. The number of nitrogens with one attached hydrogen (secondary N) is 1. The SMILES string of the molecule is CC(C)CN(N=N)c1ccccc1. The highest BCUT2D eigenvalue weighted by atomic mass is 15.5. The van der Waals surface area contributed by atoms with Gasteiger partial charge in [-0.25, -0.2) is 5.01 Å². The first-order chi connectivity index (χ1) is 6.24. The molecule has 0 amide bonds. The Labute approximate surface area is 78.9 Å². The van der Waals surface area contributed by atoms with Gasteiger partial charge in [0.1, 0.15) is 0 Å². The molecule has 0 unspecified atom stereocenters. The van der Waals surface area contributed by atoms with E-state index in [4.69, 9.17) is 5.53 Å². The van der Waals surface area contributed by atoms with Crippen LogP contribution in [-0.2, 0) is 0 Å². The molecule has 3 heteroatoms. The first-order valence-corrected chi connectivity index (χ1v) is 4.44. The van der Waals surface area contributed by atoms with E-state index in [0.29, 0.717) is 5.92 Å². The highest BCUT2D eigenvalue weighted by Crippen LogP contribution is 2.14. The maximum absolute atomic E-state index is 7.04. The van der Waals surface area contributed by atoms with Crippen molar-refractivity contribution in [2.45, 2.75) is 13.8 Å². The molecule has 0 saturated carbocycles. The van der Waals surface area contributed by atoms with Crippen molar-refractivity contribution in [3.63, 3.8) is 0 Å². The van der Waals surface area contributed by atoms with E-state index >= 15 is 0 Å². The fraction of sp³-hybridized carbons (Fsp3) is 0.400. The number of anilines is 1. The van der Waals surface area contributed by atoms with E-state index < -0.39 is 0 Å². The lowest BCUT2D eigenvalue weighted by Crippen LogP contribution is -2.20. The number of nitrogens with zero attached hydrogens (tertiary/aromatic N) is 2. The van der Waals surface area contributed by atoms with Crippen molar-refractivity contribution in [2.24, 2.45) is 11.1 Å². The third-order valence-corrected chi connectivity index (χ3v) is 1.71. The van der Waals surface area contributed by atoms with E-state index in [1.54, 1.807) is 5.01 Å². The zero-order valence-corrected chi connectivity index (χ0v) is 8.07. The Bertz CT molecular complexity index is 256. The standard InChI is InChI=1S/C10H15N3/c1-9(2)8-13(12-11)10-6-4-3-5-7-10/h3-7,9,11H,8H2,1-2H3. The number of hydrogen-bond donors (Lipinski definition) is 1. The van der Waals surface area contributed by atoms with Gasteiger partial charge in [-0.2, -0.15) is 5.53 Å². The molecule has 0 aliphatic heterocycles. The van der Waals surface area contributed by atoms with Crippen molar-refractivity contribution >= 4 is 5.69 Å².